The molecule has 4 rings (SSSR count). The van der Waals surface area contributed by atoms with Gasteiger partial charge in [-0.25, -0.2) is 0 Å². The summed E-state index contributed by atoms with van der Waals surface area (Å²) in [7, 11) is 1.61. The first-order chi connectivity index (χ1) is 13.0. The number of carbonyl (C=O) groups excluding carboxylic acids is 1. The Hall–Kier alpha value is -2.41. The third-order valence-corrected chi connectivity index (χ3v) is 6.26. The summed E-state index contributed by atoms with van der Waals surface area (Å²) in [5.74, 6) is 0.808. The summed E-state index contributed by atoms with van der Waals surface area (Å²) in [5, 5.41) is 11.3. The fourth-order valence-electron chi connectivity index (χ4n) is 4.33. The predicted octanol–water partition coefficient (Wildman–Crippen LogP) is 4.72. The van der Waals surface area contributed by atoms with Gasteiger partial charge >= 0.3 is 0 Å². The first-order valence-corrected chi connectivity index (χ1v) is 9.69. The number of halogens is 1. The van der Waals surface area contributed by atoms with Gasteiger partial charge < -0.3 is 9.64 Å². The van der Waals surface area contributed by atoms with Gasteiger partial charge in [-0.15, -0.1) is 0 Å². The predicted molar refractivity (Wildman–Crippen MR) is 105 cm³/mol. The molecule has 2 aromatic carbocycles. The lowest BCUT2D eigenvalue weighted by atomic mass is 9.80. The number of anilines is 1. The first-order valence-electron chi connectivity index (χ1n) is 8.89. The van der Waals surface area contributed by atoms with Crippen LogP contribution in [-0.4, -0.2) is 17.9 Å². The van der Waals surface area contributed by atoms with Gasteiger partial charge in [0.2, 0.25) is 5.91 Å². The Morgan fingerprint density at radius 3 is 2.48 bits per heavy atom. The second kappa shape index (κ2) is 6.64. The molecule has 7 heteroatoms. The summed E-state index contributed by atoms with van der Waals surface area (Å²) >= 11 is 3.48. The van der Waals surface area contributed by atoms with Crippen LogP contribution in [-0.2, 0) is 16.8 Å². The van der Waals surface area contributed by atoms with Crippen molar-refractivity contribution in [3.05, 3.63) is 62.1 Å². The third-order valence-electron chi connectivity index (χ3n) is 5.66. The van der Waals surface area contributed by atoms with Crippen LogP contribution in [0, 0.1) is 10.1 Å². The molecule has 2 aliphatic rings. The van der Waals surface area contributed by atoms with Gasteiger partial charge in [-0.2, -0.15) is 0 Å². The smallest absolute Gasteiger partial charge is 0.271 e. The summed E-state index contributed by atoms with van der Waals surface area (Å²) in [6.07, 6.45) is 3.40. The number of rotatable bonds is 4. The van der Waals surface area contributed by atoms with Crippen LogP contribution in [0.1, 0.15) is 36.8 Å². The molecule has 1 fully saturated rings. The van der Waals surface area contributed by atoms with E-state index in [-0.39, 0.29) is 11.6 Å². The minimum Gasteiger partial charge on any atom is -0.497 e. The summed E-state index contributed by atoms with van der Waals surface area (Å²) < 4.78 is 5.79. The van der Waals surface area contributed by atoms with E-state index >= 15 is 0 Å². The molecule has 27 heavy (non-hydrogen) atoms. The zero-order valence-corrected chi connectivity index (χ0v) is 16.5. The molecular weight excluding hydrogens is 412 g/mol. The largest absolute Gasteiger partial charge is 0.497 e. The lowest BCUT2D eigenvalue weighted by molar-refractivity contribution is -0.385. The maximum atomic E-state index is 13.5. The molecule has 0 unspecified atom stereocenters. The number of nitro groups is 1. The molecule has 0 aromatic heterocycles. The number of benzene rings is 2. The average molecular weight is 431 g/mol. The molecule has 0 bridgehead atoms. The third kappa shape index (κ3) is 2.81. The Labute approximate surface area is 165 Å². The number of methoxy groups -OCH3 is 1. The van der Waals surface area contributed by atoms with E-state index in [1.807, 2.05) is 24.3 Å². The van der Waals surface area contributed by atoms with Crippen molar-refractivity contribution in [2.45, 2.75) is 37.6 Å². The van der Waals surface area contributed by atoms with E-state index < -0.39 is 10.3 Å². The lowest BCUT2D eigenvalue weighted by Crippen LogP contribution is -2.38. The summed E-state index contributed by atoms with van der Waals surface area (Å²) in [6, 6.07) is 10.7. The Balaban J connectivity index is 1.80. The molecular formula is C20H19BrN2O4. The number of non-ortho nitro benzene ring substituents is 1. The van der Waals surface area contributed by atoms with Gasteiger partial charge in [-0.05, 0) is 52.0 Å². The van der Waals surface area contributed by atoms with Gasteiger partial charge in [0.05, 0.1) is 29.7 Å². The van der Waals surface area contributed by atoms with Gasteiger partial charge in [0.25, 0.3) is 5.69 Å². The molecule has 1 saturated carbocycles. The normalized spacial score (nSPS) is 17.4. The van der Waals surface area contributed by atoms with Crippen LogP contribution >= 0.6 is 15.9 Å². The van der Waals surface area contributed by atoms with E-state index in [1.54, 1.807) is 18.1 Å². The van der Waals surface area contributed by atoms with Crippen molar-refractivity contribution in [3.63, 3.8) is 0 Å². The molecule has 1 heterocycles. The minimum atomic E-state index is -0.629. The number of hydrogen-bond acceptors (Lipinski definition) is 4. The van der Waals surface area contributed by atoms with Gasteiger partial charge in [0.1, 0.15) is 5.75 Å². The number of ether oxygens (including phenoxy) is 1. The van der Waals surface area contributed by atoms with Crippen LogP contribution in [0.2, 0.25) is 0 Å². The van der Waals surface area contributed by atoms with Crippen molar-refractivity contribution >= 4 is 33.2 Å². The molecule has 6 nitrogen and oxygen atoms in total. The monoisotopic (exact) mass is 430 g/mol. The van der Waals surface area contributed by atoms with Crippen molar-refractivity contribution in [2.75, 3.05) is 12.0 Å². The van der Waals surface area contributed by atoms with E-state index in [0.29, 0.717) is 11.0 Å². The minimum absolute atomic E-state index is 0.0194. The highest BCUT2D eigenvalue weighted by molar-refractivity contribution is 9.10. The molecule has 140 valence electrons. The van der Waals surface area contributed by atoms with Crippen molar-refractivity contribution < 1.29 is 14.5 Å². The zero-order chi connectivity index (χ0) is 19.2. The average Bonchev–Trinajstić information content (AvgIpc) is 3.24. The van der Waals surface area contributed by atoms with E-state index in [0.717, 1.165) is 48.2 Å². The highest BCUT2D eigenvalue weighted by Crippen LogP contribution is 2.54. The molecule has 1 aliphatic heterocycles. The van der Waals surface area contributed by atoms with Crippen LogP contribution in [0.5, 0.6) is 5.75 Å². The van der Waals surface area contributed by atoms with Crippen molar-refractivity contribution in [3.8, 4) is 5.75 Å². The van der Waals surface area contributed by atoms with Crippen molar-refractivity contribution in [2.24, 2.45) is 0 Å². The molecule has 0 saturated heterocycles. The van der Waals surface area contributed by atoms with E-state index in [4.69, 9.17) is 4.74 Å². The van der Waals surface area contributed by atoms with Gasteiger partial charge in [-0.3, -0.25) is 14.9 Å². The summed E-state index contributed by atoms with van der Waals surface area (Å²) in [4.78, 5) is 26.2. The number of fused-ring (bicyclic) bond motifs is 2. The Bertz CT molecular complexity index is 920. The van der Waals surface area contributed by atoms with Crippen LogP contribution < -0.4 is 9.64 Å². The van der Waals surface area contributed by atoms with Crippen LogP contribution in [0.25, 0.3) is 0 Å². The standard InChI is InChI=1S/C20H19BrN2O4/c1-27-15-6-4-13(5-7-15)12-22-18-16(10-14(23(25)26)11-17(18)21)20(19(22)24)8-2-3-9-20/h4-7,10-11H,2-3,8-9,12H2,1H3. The number of carbonyl (C=O) groups is 1. The summed E-state index contributed by atoms with van der Waals surface area (Å²) in [5.41, 5.74) is 1.93. The topological polar surface area (TPSA) is 72.7 Å². The zero-order valence-electron chi connectivity index (χ0n) is 14.9. The van der Waals surface area contributed by atoms with Gasteiger partial charge in [0.15, 0.2) is 0 Å². The van der Waals surface area contributed by atoms with Crippen LogP contribution in [0.4, 0.5) is 11.4 Å². The van der Waals surface area contributed by atoms with Crippen molar-refractivity contribution in [1.82, 2.24) is 0 Å². The number of nitro benzene ring substituents is 1. The molecule has 2 aromatic rings. The lowest BCUT2D eigenvalue weighted by Gasteiger charge is -2.23. The highest BCUT2D eigenvalue weighted by Gasteiger charge is 2.53. The molecule has 0 radical (unpaired) electrons. The second-order valence-electron chi connectivity index (χ2n) is 7.11. The van der Waals surface area contributed by atoms with Crippen LogP contribution in [0.15, 0.2) is 40.9 Å². The number of hydrogen-bond donors (Lipinski definition) is 0. The maximum absolute atomic E-state index is 13.5. The quantitative estimate of drug-likeness (QED) is 0.519. The Morgan fingerprint density at radius 2 is 1.89 bits per heavy atom. The maximum Gasteiger partial charge on any atom is 0.271 e. The molecule has 0 atom stereocenters. The van der Waals surface area contributed by atoms with Crippen molar-refractivity contribution in [1.29, 1.82) is 0 Å². The molecule has 0 N–H and O–H groups in total. The van der Waals surface area contributed by atoms with Gasteiger partial charge in [0, 0.05) is 16.6 Å². The van der Waals surface area contributed by atoms with Crippen LogP contribution in [0.3, 0.4) is 0 Å². The fraction of sp³-hybridized carbons (Fsp3) is 0.350. The number of nitrogens with zero attached hydrogens (tertiary/aromatic N) is 2. The second-order valence-corrected chi connectivity index (χ2v) is 7.96. The molecule has 1 aliphatic carbocycles. The SMILES string of the molecule is COc1ccc(CN2C(=O)C3(CCCC3)c3cc([N+](=O)[O-])cc(Br)c32)cc1. The molecule has 1 spiro atoms. The van der Waals surface area contributed by atoms with Gasteiger partial charge in [-0.1, -0.05) is 25.0 Å². The Morgan fingerprint density at radius 1 is 1.22 bits per heavy atom. The van der Waals surface area contributed by atoms with E-state index in [9.17, 15) is 14.9 Å². The molecule has 1 amide bonds. The summed E-state index contributed by atoms with van der Waals surface area (Å²) in [6.45, 7) is 0.425. The number of amides is 1. The first kappa shape index (κ1) is 18.0. The highest BCUT2D eigenvalue weighted by atomic mass is 79.9. The fourth-order valence-corrected chi connectivity index (χ4v) is 4.99. The van der Waals surface area contributed by atoms with E-state index in [2.05, 4.69) is 15.9 Å². The van der Waals surface area contributed by atoms with E-state index in [1.165, 1.54) is 6.07 Å². The Kier molecular flexibility index (Phi) is 4.42.